The zero-order valence-corrected chi connectivity index (χ0v) is 18.7. The van der Waals surface area contributed by atoms with Gasteiger partial charge in [-0.1, -0.05) is 55.5 Å². The van der Waals surface area contributed by atoms with E-state index in [2.05, 4.69) is 12.1 Å². The summed E-state index contributed by atoms with van der Waals surface area (Å²) in [5, 5.41) is 12.5. The summed E-state index contributed by atoms with van der Waals surface area (Å²) in [5.74, 6) is -4.41. The molecule has 0 spiro atoms. The molecule has 1 aromatic heterocycles. The number of alkyl halides is 2. The van der Waals surface area contributed by atoms with Gasteiger partial charge < -0.3 is 10.0 Å². The molecular formula is C25H31F2NO2S. The summed E-state index contributed by atoms with van der Waals surface area (Å²) >= 11 is 1.63. The Labute approximate surface area is 187 Å². The SMILES string of the molecule is C[C@H](CCCc1ccccc1)[C@H](O)/C=C/[C@H]1CC(F)(F)C(=O)N1CCCc1cccs1. The minimum atomic E-state index is -3.33. The number of nitrogens with zero attached hydrogens (tertiary/aromatic N) is 1. The number of aliphatic hydroxyl groups excluding tert-OH is 1. The highest BCUT2D eigenvalue weighted by Crippen LogP contribution is 2.34. The highest BCUT2D eigenvalue weighted by atomic mass is 32.1. The van der Waals surface area contributed by atoms with Crippen LogP contribution in [0.15, 0.2) is 60.0 Å². The Balaban J connectivity index is 1.50. The maximum absolute atomic E-state index is 14.1. The van der Waals surface area contributed by atoms with Gasteiger partial charge in [-0.3, -0.25) is 4.79 Å². The van der Waals surface area contributed by atoms with E-state index in [1.807, 2.05) is 42.6 Å². The average molecular weight is 448 g/mol. The van der Waals surface area contributed by atoms with E-state index in [0.29, 0.717) is 13.0 Å². The first-order valence-electron chi connectivity index (χ1n) is 11.0. The van der Waals surface area contributed by atoms with Crippen LogP contribution in [0, 0.1) is 5.92 Å². The number of rotatable bonds is 11. The van der Waals surface area contributed by atoms with Crippen molar-refractivity contribution in [3.63, 3.8) is 0 Å². The number of hydrogen-bond donors (Lipinski definition) is 1. The molecule has 1 N–H and O–H groups in total. The number of likely N-dealkylation sites (tertiary alicyclic amines) is 1. The van der Waals surface area contributed by atoms with Crippen LogP contribution >= 0.6 is 11.3 Å². The van der Waals surface area contributed by atoms with Crippen molar-refractivity contribution >= 4 is 17.2 Å². The Morgan fingerprint density at radius 1 is 1.19 bits per heavy atom. The molecule has 2 aromatic rings. The zero-order valence-electron chi connectivity index (χ0n) is 17.9. The smallest absolute Gasteiger partial charge is 0.327 e. The third-order valence-corrected chi connectivity index (χ3v) is 6.86. The van der Waals surface area contributed by atoms with Crippen LogP contribution in [0.25, 0.3) is 0 Å². The summed E-state index contributed by atoms with van der Waals surface area (Å²) in [7, 11) is 0. The van der Waals surface area contributed by atoms with Gasteiger partial charge in [0.1, 0.15) is 0 Å². The third kappa shape index (κ3) is 6.71. The quantitative estimate of drug-likeness (QED) is 0.463. The largest absolute Gasteiger partial charge is 0.389 e. The minimum absolute atomic E-state index is 0.0184. The number of aryl methyl sites for hydroxylation is 2. The van der Waals surface area contributed by atoms with Gasteiger partial charge >= 0.3 is 5.92 Å². The van der Waals surface area contributed by atoms with Crippen LogP contribution in [-0.4, -0.2) is 40.5 Å². The zero-order chi connectivity index (χ0) is 22.3. The lowest BCUT2D eigenvalue weighted by Gasteiger charge is -2.22. The Morgan fingerprint density at radius 3 is 2.68 bits per heavy atom. The first kappa shape index (κ1) is 23.6. The predicted octanol–water partition coefficient (Wildman–Crippen LogP) is 5.49. The number of hydrogen-bond acceptors (Lipinski definition) is 3. The summed E-state index contributed by atoms with van der Waals surface area (Å²) in [4.78, 5) is 14.6. The van der Waals surface area contributed by atoms with E-state index in [1.165, 1.54) is 15.3 Å². The molecule has 168 valence electrons. The molecule has 0 saturated carbocycles. The van der Waals surface area contributed by atoms with Crippen LogP contribution in [0.1, 0.15) is 43.0 Å². The van der Waals surface area contributed by atoms with Gasteiger partial charge in [0.05, 0.1) is 12.1 Å². The van der Waals surface area contributed by atoms with Crippen LogP contribution in [0.3, 0.4) is 0 Å². The second-order valence-electron chi connectivity index (χ2n) is 8.39. The Morgan fingerprint density at radius 2 is 1.97 bits per heavy atom. The van der Waals surface area contributed by atoms with E-state index in [1.54, 1.807) is 23.5 Å². The number of thiophene rings is 1. The van der Waals surface area contributed by atoms with Gasteiger partial charge in [0.25, 0.3) is 5.91 Å². The van der Waals surface area contributed by atoms with E-state index in [9.17, 15) is 18.7 Å². The Hall–Kier alpha value is -2.05. The summed E-state index contributed by atoms with van der Waals surface area (Å²) in [6.45, 7) is 2.26. The molecule has 1 amide bonds. The molecule has 1 aliphatic heterocycles. The molecule has 0 bridgehead atoms. The Kier molecular flexibility index (Phi) is 8.38. The molecule has 3 rings (SSSR count). The summed E-state index contributed by atoms with van der Waals surface area (Å²) in [5.41, 5.74) is 1.27. The molecule has 1 aliphatic rings. The second kappa shape index (κ2) is 11.0. The number of benzene rings is 1. The van der Waals surface area contributed by atoms with Gasteiger partial charge in [0.15, 0.2) is 0 Å². The van der Waals surface area contributed by atoms with Crippen molar-refractivity contribution in [2.75, 3.05) is 6.54 Å². The van der Waals surface area contributed by atoms with Crippen molar-refractivity contribution in [3.8, 4) is 0 Å². The van der Waals surface area contributed by atoms with Gasteiger partial charge in [-0.25, -0.2) is 0 Å². The van der Waals surface area contributed by atoms with Crippen LogP contribution in [0.5, 0.6) is 0 Å². The van der Waals surface area contributed by atoms with Gasteiger partial charge in [-0.05, 0) is 55.0 Å². The number of carbonyl (C=O) groups is 1. The molecule has 0 unspecified atom stereocenters. The first-order valence-corrected chi connectivity index (χ1v) is 11.9. The second-order valence-corrected chi connectivity index (χ2v) is 9.42. The highest BCUT2D eigenvalue weighted by Gasteiger charge is 2.52. The summed E-state index contributed by atoms with van der Waals surface area (Å²) in [6, 6.07) is 13.5. The van der Waals surface area contributed by atoms with Crippen LogP contribution in [-0.2, 0) is 17.6 Å². The molecule has 1 aromatic carbocycles. The molecule has 6 heteroatoms. The lowest BCUT2D eigenvalue weighted by Crippen LogP contribution is -2.36. The highest BCUT2D eigenvalue weighted by molar-refractivity contribution is 7.09. The molecule has 3 nitrogen and oxygen atoms in total. The van der Waals surface area contributed by atoms with E-state index in [-0.39, 0.29) is 5.92 Å². The fourth-order valence-electron chi connectivity index (χ4n) is 4.01. The lowest BCUT2D eigenvalue weighted by atomic mass is 9.95. The van der Waals surface area contributed by atoms with Crippen molar-refractivity contribution in [1.29, 1.82) is 0 Å². The number of amides is 1. The third-order valence-electron chi connectivity index (χ3n) is 5.92. The van der Waals surface area contributed by atoms with Crippen LogP contribution < -0.4 is 0 Å². The maximum atomic E-state index is 14.1. The fraction of sp³-hybridized carbons (Fsp3) is 0.480. The van der Waals surface area contributed by atoms with E-state index in [4.69, 9.17) is 0 Å². The van der Waals surface area contributed by atoms with Crippen molar-refractivity contribution in [2.24, 2.45) is 5.92 Å². The lowest BCUT2D eigenvalue weighted by molar-refractivity contribution is -0.148. The molecule has 2 heterocycles. The van der Waals surface area contributed by atoms with Crippen molar-refractivity contribution in [2.45, 2.75) is 63.5 Å². The van der Waals surface area contributed by atoms with Gasteiger partial charge in [0, 0.05) is 17.8 Å². The minimum Gasteiger partial charge on any atom is -0.389 e. The number of carbonyl (C=O) groups excluding carboxylic acids is 1. The topological polar surface area (TPSA) is 40.5 Å². The molecule has 31 heavy (non-hydrogen) atoms. The van der Waals surface area contributed by atoms with E-state index >= 15 is 0 Å². The standard InChI is InChI=1S/C25H31F2NO2S/c1-19(8-5-11-20-9-3-2-4-10-20)23(29)15-14-21-18-25(26,27)24(30)28(21)16-6-12-22-13-7-17-31-22/h2-4,7,9-10,13-15,17,19,21,23,29H,5-6,8,11-12,16,18H2,1H3/b15-14+/t19-,21+,23-/m1/s1. The first-order chi connectivity index (χ1) is 14.9. The van der Waals surface area contributed by atoms with Gasteiger partial charge in [-0.15, -0.1) is 11.3 Å². The number of aliphatic hydroxyl groups is 1. The predicted molar refractivity (Wildman–Crippen MR) is 121 cm³/mol. The monoisotopic (exact) mass is 447 g/mol. The summed E-state index contributed by atoms with van der Waals surface area (Å²) < 4.78 is 28.1. The summed E-state index contributed by atoms with van der Waals surface area (Å²) in [6.07, 6.45) is 6.11. The Bertz CT molecular complexity index is 838. The van der Waals surface area contributed by atoms with E-state index < -0.39 is 30.4 Å². The molecular weight excluding hydrogens is 416 g/mol. The number of halogens is 2. The van der Waals surface area contributed by atoms with E-state index in [0.717, 1.165) is 25.7 Å². The molecule has 0 radical (unpaired) electrons. The van der Waals surface area contributed by atoms with Gasteiger partial charge in [-0.2, -0.15) is 8.78 Å². The average Bonchev–Trinajstić information content (AvgIpc) is 3.34. The fourth-order valence-corrected chi connectivity index (χ4v) is 4.77. The molecule has 3 atom stereocenters. The maximum Gasteiger partial charge on any atom is 0.327 e. The van der Waals surface area contributed by atoms with Crippen molar-refractivity contribution < 1.29 is 18.7 Å². The molecule has 0 aliphatic carbocycles. The van der Waals surface area contributed by atoms with Crippen LogP contribution in [0.2, 0.25) is 0 Å². The van der Waals surface area contributed by atoms with Crippen molar-refractivity contribution in [1.82, 2.24) is 4.90 Å². The van der Waals surface area contributed by atoms with Gasteiger partial charge in [0.2, 0.25) is 0 Å². The normalized spacial score (nSPS) is 20.5. The molecule has 1 fully saturated rings. The van der Waals surface area contributed by atoms with Crippen LogP contribution in [0.4, 0.5) is 8.78 Å². The molecule has 1 saturated heterocycles. The van der Waals surface area contributed by atoms with Crippen molar-refractivity contribution in [3.05, 3.63) is 70.4 Å².